The number of aromatic nitrogens is 3. The van der Waals surface area contributed by atoms with Crippen LogP contribution < -0.4 is 10.6 Å². The first kappa shape index (κ1) is 12.9. The number of anilines is 1. The van der Waals surface area contributed by atoms with Gasteiger partial charge in [-0.2, -0.15) is 0 Å². The van der Waals surface area contributed by atoms with Crippen LogP contribution in [0.5, 0.6) is 0 Å². The average Bonchev–Trinajstić information content (AvgIpc) is 3.04. The second-order valence-corrected chi connectivity index (χ2v) is 5.20. The number of nitrogens with zero attached hydrogens (tertiary/aromatic N) is 3. The van der Waals surface area contributed by atoms with Gasteiger partial charge in [-0.25, -0.2) is 4.98 Å². The molecule has 0 bridgehead atoms. The highest BCUT2D eigenvalue weighted by Gasteiger charge is 2.12. The first-order valence-electron chi connectivity index (χ1n) is 5.52. The van der Waals surface area contributed by atoms with Crippen LogP contribution in [0, 0.1) is 0 Å². The van der Waals surface area contributed by atoms with Gasteiger partial charge in [0.05, 0.1) is 17.7 Å². The molecule has 0 atom stereocenters. The van der Waals surface area contributed by atoms with E-state index in [2.05, 4.69) is 32.7 Å². The minimum absolute atomic E-state index is 0.218. The van der Waals surface area contributed by atoms with Crippen LogP contribution in [0.2, 0.25) is 0 Å². The Hall–Kier alpha value is -1.54. The molecule has 1 amide bonds. The van der Waals surface area contributed by atoms with E-state index >= 15 is 0 Å². The van der Waals surface area contributed by atoms with Gasteiger partial charge in [0.25, 0.3) is 5.91 Å². The normalized spacial score (nSPS) is 10.3. The van der Waals surface area contributed by atoms with Gasteiger partial charge >= 0.3 is 0 Å². The summed E-state index contributed by atoms with van der Waals surface area (Å²) >= 11 is 2.76. The minimum atomic E-state index is -0.218. The van der Waals surface area contributed by atoms with E-state index < -0.39 is 0 Å². The molecule has 0 aromatic carbocycles. The molecule has 0 unspecified atom stereocenters. The van der Waals surface area contributed by atoms with Crippen molar-refractivity contribution in [3.63, 3.8) is 0 Å². The van der Waals surface area contributed by atoms with Crippen molar-refractivity contribution < 1.29 is 4.79 Å². The van der Waals surface area contributed by atoms with Crippen molar-refractivity contribution in [3.8, 4) is 0 Å². The van der Waals surface area contributed by atoms with Crippen LogP contribution in [0.3, 0.4) is 0 Å². The maximum absolute atomic E-state index is 11.8. The molecule has 2 aromatic heterocycles. The highest BCUT2D eigenvalue weighted by Crippen LogP contribution is 2.14. The summed E-state index contributed by atoms with van der Waals surface area (Å²) in [7, 11) is 0. The average molecular weight is 283 g/mol. The standard InChI is InChI=1S/C10H13N5OS2/c1-2-3-11-10-15-14-9(18-10)8(16)12-4-7-5-17-6-13-7/h5-6H,2-4H2,1H3,(H,11,15)(H,12,16). The Balaban J connectivity index is 1.86. The number of carbonyl (C=O) groups excluding carboxylic acids is 1. The fourth-order valence-electron chi connectivity index (χ4n) is 1.19. The van der Waals surface area contributed by atoms with Gasteiger partial charge in [-0.05, 0) is 6.42 Å². The Labute approximate surface area is 112 Å². The monoisotopic (exact) mass is 283 g/mol. The molecule has 0 spiro atoms. The lowest BCUT2D eigenvalue weighted by Crippen LogP contribution is -2.22. The molecule has 2 rings (SSSR count). The van der Waals surface area contributed by atoms with Crippen LogP contribution >= 0.6 is 22.7 Å². The summed E-state index contributed by atoms with van der Waals surface area (Å²) in [6, 6.07) is 0. The molecule has 2 N–H and O–H groups in total. The van der Waals surface area contributed by atoms with Gasteiger partial charge in [0.15, 0.2) is 0 Å². The summed E-state index contributed by atoms with van der Waals surface area (Å²) in [6.45, 7) is 3.31. The summed E-state index contributed by atoms with van der Waals surface area (Å²) < 4.78 is 0. The highest BCUT2D eigenvalue weighted by molar-refractivity contribution is 7.17. The Morgan fingerprint density at radius 3 is 3.06 bits per heavy atom. The number of nitrogens with one attached hydrogen (secondary N) is 2. The van der Waals surface area contributed by atoms with Crippen LogP contribution in [0.4, 0.5) is 5.13 Å². The molecular weight excluding hydrogens is 270 g/mol. The first-order chi connectivity index (χ1) is 8.79. The van der Waals surface area contributed by atoms with E-state index in [-0.39, 0.29) is 5.91 Å². The number of hydrogen-bond donors (Lipinski definition) is 2. The lowest BCUT2D eigenvalue weighted by molar-refractivity contribution is 0.0949. The predicted molar refractivity (Wildman–Crippen MR) is 72.0 cm³/mol. The first-order valence-corrected chi connectivity index (χ1v) is 7.28. The zero-order valence-electron chi connectivity index (χ0n) is 9.84. The van der Waals surface area contributed by atoms with Gasteiger partial charge in [0, 0.05) is 11.9 Å². The third-order valence-corrected chi connectivity index (χ3v) is 3.57. The third-order valence-electron chi connectivity index (χ3n) is 2.06. The van der Waals surface area contributed by atoms with Crippen LogP contribution in [-0.4, -0.2) is 27.6 Å². The summed E-state index contributed by atoms with van der Waals surface area (Å²) in [4.78, 5) is 15.9. The molecule has 2 heterocycles. The van der Waals surface area contributed by atoms with Gasteiger partial charge in [-0.15, -0.1) is 21.5 Å². The maximum atomic E-state index is 11.8. The van der Waals surface area contributed by atoms with E-state index in [1.807, 2.05) is 5.38 Å². The van der Waals surface area contributed by atoms with Crippen LogP contribution in [0.1, 0.15) is 28.8 Å². The van der Waals surface area contributed by atoms with E-state index in [1.54, 1.807) is 5.51 Å². The molecular formula is C10H13N5OS2. The summed E-state index contributed by atoms with van der Waals surface area (Å²) in [5, 5.41) is 16.5. The van der Waals surface area contributed by atoms with E-state index in [9.17, 15) is 4.79 Å². The van der Waals surface area contributed by atoms with Crippen molar-refractivity contribution in [1.82, 2.24) is 20.5 Å². The minimum Gasteiger partial charge on any atom is -0.360 e. The Kier molecular flexibility index (Phi) is 4.59. The highest BCUT2D eigenvalue weighted by atomic mass is 32.1. The third kappa shape index (κ3) is 3.47. The Morgan fingerprint density at radius 2 is 2.33 bits per heavy atom. The van der Waals surface area contributed by atoms with E-state index in [1.165, 1.54) is 22.7 Å². The van der Waals surface area contributed by atoms with Gasteiger partial charge in [-0.3, -0.25) is 4.79 Å². The molecule has 2 aromatic rings. The van der Waals surface area contributed by atoms with Crippen molar-refractivity contribution in [3.05, 3.63) is 21.6 Å². The molecule has 18 heavy (non-hydrogen) atoms. The van der Waals surface area contributed by atoms with Crippen molar-refractivity contribution in [2.75, 3.05) is 11.9 Å². The SMILES string of the molecule is CCCNc1nnc(C(=O)NCc2cscn2)s1. The molecule has 0 fully saturated rings. The van der Waals surface area contributed by atoms with Gasteiger partial charge in [0.2, 0.25) is 10.1 Å². The number of amides is 1. The topological polar surface area (TPSA) is 79.8 Å². The summed E-state index contributed by atoms with van der Waals surface area (Å²) in [5.41, 5.74) is 2.58. The quantitative estimate of drug-likeness (QED) is 0.844. The molecule has 0 aliphatic carbocycles. The number of hydrogen-bond acceptors (Lipinski definition) is 7. The molecule has 0 saturated carbocycles. The lowest BCUT2D eigenvalue weighted by atomic mass is 10.5. The zero-order valence-corrected chi connectivity index (χ0v) is 11.5. The Bertz CT molecular complexity index is 496. The van der Waals surface area contributed by atoms with Gasteiger partial charge in [0.1, 0.15) is 0 Å². The van der Waals surface area contributed by atoms with E-state index in [0.29, 0.717) is 16.7 Å². The number of carbonyl (C=O) groups is 1. The molecule has 0 radical (unpaired) electrons. The maximum Gasteiger partial charge on any atom is 0.282 e. The second-order valence-electron chi connectivity index (χ2n) is 3.50. The van der Waals surface area contributed by atoms with Gasteiger partial charge < -0.3 is 10.6 Å². The predicted octanol–water partition coefficient (Wildman–Crippen LogP) is 1.75. The molecule has 8 heteroatoms. The van der Waals surface area contributed by atoms with Crippen LogP contribution in [-0.2, 0) is 6.54 Å². The summed E-state index contributed by atoms with van der Waals surface area (Å²) in [6.07, 6.45) is 1.00. The Morgan fingerprint density at radius 1 is 1.44 bits per heavy atom. The number of thiazole rings is 1. The van der Waals surface area contributed by atoms with Crippen LogP contribution in [0.15, 0.2) is 10.9 Å². The fraction of sp³-hybridized carbons (Fsp3) is 0.400. The van der Waals surface area contributed by atoms with Gasteiger partial charge in [-0.1, -0.05) is 18.3 Å². The molecule has 6 nitrogen and oxygen atoms in total. The van der Waals surface area contributed by atoms with Crippen molar-refractivity contribution >= 4 is 33.7 Å². The van der Waals surface area contributed by atoms with Crippen molar-refractivity contribution in [1.29, 1.82) is 0 Å². The van der Waals surface area contributed by atoms with E-state index in [4.69, 9.17) is 0 Å². The molecule has 0 saturated heterocycles. The van der Waals surface area contributed by atoms with Crippen molar-refractivity contribution in [2.24, 2.45) is 0 Å². The lowest BCUT2D eigenvalue weighted by Gasteiger charge is -1.98. The number of rotatable bonds is 6. The zero-order chi connectivity index (χ0) is 12.8. The molecule has 0 aliphatic rings. The smallest absolute Gasteiger partial charge is 0.282 e. The molecule has 0 aliphatic heterocycles. The van der Waals surface area contributed by atoms with Crippen LogP contribution in [0.25, 0.3) is 0 Å². The second kappa shape index (κ2) is 6.41. The molecule has 96 valence electrons. The summed E-state index contributed by atoms with van der Waals surface area (Å²) in [5.74, 6) is -0.218. The largest absolute Gasteiger partial charge is 0.360 e. The van der Waals surface area contributed by atoms with Crippen molar-refractivity contribution in [2.45, 2.75) is 19.9 Å². The fourth-order valence-corrected chi connectivity index (χ4v) is 2.43. The van der Waals surface area contributed by atoms with E-state index in [0.717, 1.165) is 18.7 Å².